The highest BCUT2D eigenvalue weighted by Gasteiger charge is 1.81. The maximum absolute atomic E-state index is 5.36. The number of rotatable bonds is 3. The predicted octanol–water partition coefficient (Wildman–Crippen LogP) is 1.19. The Labute approximate surface area is 54.4 Å². The quantitative estimate of drug-likeness (QED) is 0.567. The molecule has 0 aromatic carbocycles. The van der Waals surface area contributed by atoms with Crippen LogP contribution in [0.15, 0.2) is 11.1 Å². The lowest BCUT2D eigenvalue weighted by Gasteiger charge is -1.90. The minimum absolute atomic E-state index is 0.715. The molecule has 0 rings (SSSR count). The fourth-order valence-electron chi connectivity index (χ4n) is 0.335. The van der Waals surface area contributed by atoms with E-state index >= 15 is 0 Å². The van der Waals surface area contributed by atoms with E-state index < -0.39 is 0 Å². The van der Waals surface area contributed by atoms with Gasteiger partial charge in [-0.1, -0.05) is 19.4 Å². The third-order valence-corrected chi connectivity index (χ3v) is 1.21. The van der Waals surface area contributed by atoms with Gasteiger partial charge < -0.3 is 5.73 Å². The van der Waals surface area contributed by atoms with Gasteiger partial charge in [0.15, 0.2) is 0 Å². The second-order valence-corrected chi connectivity index (χ2v) is 2.22. The summed E-state index contributed by atoms with van der Waals surface area (Å²) in [7, 11) is 0. The zero-order chi connectivity index (χ0) is 6.41. The van der Waals surface area contributed by atoms with Crippen LogP contribution in [0.5, 0.6) is 0 Å². The van der Waals surface area contributed by atoms with E-state index in [4.69, 9.17) is 10.9 Å². The lowest BCUT2D eigenvalue weighted by Crippen LogP contribution is -1.94. The van der Waals surface area contributed by atoms with Gasteiger partial charge in [-0.2, -0.15) is 0 Å². The lowest BCUT2D eigenvalue weighted by molar-refractivity contribution is 0.954. The van der Waals surface area contributed by atoms with E-state index in [1.807, 2.05) is 6.08 Å². The van der Waals surface area contributed by atoms with Crippen molar-refractivity contribution in [1.82, 2.24) is 0 Å². The molecule has 0 saturated heterocycles. The zero-order valence-electron chi connectivity index (χ0n) is 5.05. The van der Waals surface area contributed by atoms with Crippen LogP contribution in [0.3, 0.4) is 0 Å². The van der Waals surface area contributed by atoms with Crippen molar-refractivity contribution in [3.8, 4) is 0 Å². The van der Waals surface area contributed by atoms with Crippen LogP contribution in [0.4, 0.5) is 0 Å². The summed E-state index contributed by atoms with van der Waals surface area (Å²) in [6, 6.07) is 0. The van der Waals surface area contributed by atoms with Crippen LogP contribution in [0.25, 0.3) is 0 Å². The van der Waals surface area contributed by atoms with Crippen molar-refractivity contribution in [3.63, 3.8) is 0 Å². The third kappa shape index (κ3) is 4.02. The van der Waals surface area contributed by atoms with Gasteiger partial charge >= 0.3 is 0 Å². The van der Waals surface area contributed by atoms with Crippen molar-refractivity contribution >= 4 is 11.9 Å². The van der Waals surface area contributed by atoms with E-state index in [1.54, 1.807) is 0 Å². The average molecular weight is 132 g/mol. The predicted molar refractivity (Wildman–Crippen MR) is 39.0 cm³/mol. The van der Waals surface area contributed by atoms with Crippen LogP contribution in [-0.2, 0) is 0 Å². The van der Waals surface area contributed by atoms with Crippen LogP contribution < -0.4 is 10.9 Å². The summed E-state index contributed by atoms with van der Waals surface area (Å²) in [4.78, 5) is 0. The van der Waals surface area contributed by atoms with Crippen molar-refractivity contribution in [3.05, 3.63) is 11.1 Å². The molecule has 0 aromatic rings. The highest BCUT2D eigenvalue weighted by molar-refractivity contribution is 8.00. The molecular weight excluding hydrogens is 120 g/mol. The maximum atomic E-state index is 5.36. The third-order valence-electron chi connectivity index (χ3n) is 0.770. The van der Waals surface area contributed by atoms with Crippen molar-refractivity contribution < 1.29 is 0 Å². The van der Waals surface area contributed by atoms with Crippen LogP contribution in [0, 0.1) is 0 Å². The standard InChI is InChI=1S/C5H12N2S/c1-2-3-4-5(6)8-7/h4H,2-3,6-7H2,1H3/b5-4-. The molecule has 0 aliphatic carbocycles. The molecule has 2 nitrogen and oxygen atoms in total. The zero-order valence-corrected chi connectivity index (χ0v) is 5.87. The summed E-state index contributed by atoms with van der Waals surface area (Å²) in [5.41, 5.74) is 5.36. The molecule has 0 atom stereocenters. The summed E-state index contributed by atoms with van der Waals surface area (Å²) in [5.74, 6) is 0. The summed E-state index contributed by atoms with van der Waals surface area (Å²) in [5, 5.41) is 5.85. The van der Waals surface area contributed by atoms with Crippen molar-refractivity contribution in [1.29, 1.82) is 0 Å². The molecule has 0 amide bonds. The maximum Gasteiger partial charge on any atom is 0.0765 e. The molecule has 0 bridgehead atoms. The van der Waals surface area contributed by atoms with Crippen LogP contribution in [0.2, 0.25) is 0 Å². The van der Waals surface area contributed by atoms with E-state index in [1.165, 1.54) is 0 Å². The molecule has 8 heavy (non-hydrogen) atoms. The lowest BCUT2D eigenvalue weighted by atomic mass is 10.3. The Morgan fingerprint density at radius 2 is 2.38 bits per heavy atom. The molecule has 4 N–H and O–H groups in total. The first kappa shape index (κ1) is 7.85. The summed E-state index contributed by atoms with van der Waals surface area (Å²) < 4.78 is 0. The normalized spacial score (nSPS) is 12.0. The fourth-order valence-corrected chi connectivity index (χ4v) is 0.549. The Balaban J connectivity index is 3.26. The fraction of sp³-hybridized carbons (Fsp3) is 0.600. The molecular formula is C5H12N2S. The minimum atomic E-state index is 0.715. The van der Waals surface area contributed by atoms with E-state index in [0.717, 1.165) is 24.8 Å². The summed E-state index contributed by atoms with van der Waals surface area (Å²) in [6.07, 6.45) is 4.09. The largest absolute Gasteiger partial charge is 0.393 e. The highest BCUT2D eigenvalue weighted by atomic mass is 32.2. The smallest absolute Gasteiger partial charge is 0.0765 e. The van der Waals surface area contributed by atoms with Gasteiger partial charge in [-0.05, 0) is 18.4 Å². The molecule has 0 aromatic heterocycles. The van der Waals surface area contributed by atoms with Gasteiger partial charge in [-0.3, -0.25) is 5.14 Å². The van der Waals surface area contributed by atoms with Gasteiger partial charge in [0.25, 0.3) is 0 Å². The van der Waals surface area contributed by atoms with Gasteiger partial charge in [0.2, 0.25) is 0 Å². The van der Waals surface area contributed by atoms with E-state index in [2.05, 4.69) is 6.92 Å². The number of unbranched alkanes of at least 4 members (excludes halogenated alkanes) is 1. The van der Waals surface area contributed by atoms with E-state index in [-0.39, 0.29) is 0 Å². The SMILES string of the molecule is CCC/C=C(/N)SN. The Morgan fingerprint density at radius 1 is 1.75 bits per heavy atom. The summed E-state index contributed by atoms with van der Waals surface area (Å²) >= 11 is 1.10. The van der Waals surface area contributed by atoms with Crippen molar-refractivity contribution in [2.45, 2.75) is 19.8 Å². The molecule has 48 valence electrons. The van der Waals surface area contributed by atoms with Gasteiger partial charge in [0.05, 0.1) is 5.03 Å². The molecule has 0 aliphatic rings. The molecule has 3 heteroatoms. The first-order valence-corrected chi connectivity index (χ1v) is 3.51. The van der Waals surface area contributed by atoms with Gasteiger partial charge in [0.1, 0.15) is 0 Å². The molecule has 0 unspecified atom stereocenters. The molecule has 0 spiro atoms. The molecule has 0 aliphatic heterocycles. The van der Waals surface area contributed by atoms with Gasteiger partial charge in [-0.15, -0.1) is 0 Å². The number of hydrogen-bond acceptors (Lipinski definition) is 3. The van der Waals surface area contributed by atoms with E-state index in [0.29, 0.717) is 5.03 Å². The molecule has 0 saturated carbocycles. The second-order valence-electron chi connectivity index (χ2n) is 1.51. The Kier molecular flexibility index (Phi) is 4.90. The second kappa shape index (κ2) is 5.00. The monoisotopic (exact) mass is 132 g/mol. The number of hydrogen-bond donors (Lipinski definition) is 2. The Bertz CT molecular complexity index is 80.5. The van der Waals surface area contributed by atoms with Crippen LogP contribution >= 0.6 is 11.9 Å². The topological polar surface area (TPSA) is 52.0 Å². The van der Waals surface area contributed by atoms with Gasteiger partial charge in [-0.25, -0.2) is 0 Å². The minimum Gasteiger partial charge on any atom is -0.393 e. The van der Waals surface area contributed by atoms with Crippen LogP contribution in [-0.4, -0.2) is 0 Å². The Hall–Kier alpha value is -0.150. The van der Waals surface area contributed by atoms with Crippen molar-refractivity contribution in [2.75, 3.05) is 0 Å². The first-order chi connectivity index (χ1) is 3.81. The van der Waals surface area contributed by atoms with Gasteiger partial charge in [0, 0.05) is 0 Å². The van der Waals surface area contributed by atoms with Crippen LogP contribution in [0.1, 0.15) is 19.8 Å². The van der Waals surface area contributed by atoms with E-state index in [9.17, 15) is 0 Å². The molecule has 0 heterocycles. The Morgan fingerprint density at radius 3 is 2.75 bits per heavy atom. The first-order valence-electron chi connectivity index (χ1n) is 2.63. The van der Waals surface area contributed by atoms with Crippen molar-refractivity contribution in [2.24, 2.45) is 10.9 Å². The molecule has 0 radical (unpaired) electrons. The number of nitrogens with two attached hydrogens (primary N) is 2. The average Bonchev–Trinajstić information content (AvgIpc) is 1.83. The summed E-state index contributed by atoms with van der Waals surface area (Å²) in [6.45, 7) is 2.10. The molecule has 0 fully saturated rings. The number of allylic oxidation sites excluding steroid dienone is 1. The highest BCUT2D eigenvalue weighted by Crippen LogP contribution is 2.00.